The number of benzene rings is 1. The Morgan fingerprint density at radius 1 is 1.59 bits per heavy atom. The normalized spacial score (nSPS) is 11.9. The van der Waals surface area contributed by atoms with Crippen LogP contribution in [0.1, 0.15) is 6.42 Å². The van der Waals surface area contributed by atoms with E-state index in [2.05, 4.69) is 5.32 Å². The van der Waals surface area contributed by atoms with Gasteiger partial charge in [0.15, 0.2) is 0 Å². The number of anilines is 1. The van der Waals surface area contributed by atoms with Gasteiger partial charge in [0, 0.05) is 5.69 Å². The highest BCUT2D eigenvalue weighted by Gasteiger charge is 2.18. The van der Waals surface area contributed by atoms with E-state index in [-0.39, 0.29) is 11.8 Å². The van der Waals surface area contributed by atoms with Crippen molar-refractivity contribution in [2.24, 2.45) is 0 Å². The van der Waals surface area contributed by atoms with Gasteiger partial charge < -0.3 is 10.1 Å². The predicted molar refractivity (Wildman–Crippen MR) is 68.8 cm³/mol. The minimum atomic E-state index is -0.436. The third kappa shape index (κ3) is 4.65. The van der Waals surface area contributed by atoms with Crippen LogP contribution in [-0.4, -0.2) is 31.1 Å². The van der Waals surface area contributed by atoms with Gasteiger partial charge in [-0.15, -0.1) is 0 Å². The molecule has 0 bridgehead atoms. The highest BCUT2D eigenvalue weighted by molar-refractivity contribution is 7.98. The van der Waals surface area contributed by atoms with E-state index in [1.54, 1.807) is 23.9 Å². The lowest BCUT2D eigenvalue weighted by atomic mass is 10.2. The fourth-order valence-electron chi connectivity index (χ4n) is 1.41. The smallest absolute Gasteiger partial charge is 0.328 e. The van der Waals surface area contributed by atoms with Gasteiger partial charge in [-0.25, -0.2) is 9.18 Å². The van der Waals surface area contributed by atoms with Crippen LogP contribution in [0.5, 0.6) is 0 Å². The topological polar surface area (TPSA) is 38.3 Å². The van der Waals surface area contributed by atoms with Crippen LogP contribution in [0.3, 0.4) is 0 Å². The molecule has 1 unspecified atom stereocenters. The molecule has 0 aliphatic heterocycles. The molecule has 17 heavy (non-hydrogen) atoms. The van der Waals surface area contributed by atoms with Crippen LogP contribution in [0.15, 0.2) is 24.3 Å². The largest absolute Gasteiger partial charge is 0.467 e. The van der Waals surface area contributed by atoms with Crippen molar-refractivity contribution in [1.29, 1.82) is 0 Å². The summed E-state index contributed by atoms with van der Waals surface area (Å²) in [7, 11) is 1.35. The molecule has 0 spiro atoms. The quantitative estimate of drug-likeness (QED) is 0.795. The molecule has 1 rings (SSSR count). The van der Waals surface area contributed by atoms with Gasteiger partial charge in [-0.2, -0.15) is 11.8 Å². The third-order valence-electron chi connectivity index (χ3n) is 2.26. The summed E-state index contributed by atoms with van der Waals surface area (Å²) in [6.45, 7) is 0. The van der Waals surface area contributed by atoms with E-state index in [1.807, 2.05) is 6.26 Å². The zero-order valence-electron chi connectivity index (χ0n) is 9.90. The zero-order chi connectivity index (χ0) is 12.7. The van der Waals surface area contributed by atoms with E-state index in [1.165, 1.54) is 19.2 Å². The Kier molecular flexibility index (Phi) is 5.83. The summed E-state index contributed by atoms with van der Waals surface area (Å²) in [6, 6.07) is 5.60. The zero-order valence-corrected chi connectivity index (χ0v) is 10.7. The van der Waals surface area contributed by atoms with Gasteiger partial charge >= 0.3 is 5.97 Å². The Morgan fingerprint density at radius 3 is 2.94 bits per heavy atom. The monoisotopic (exact) mass is 257 g/mol. The average Bonchev–Trinajstić information content (AvgIpc) is 2.33. The van der Waals surface area contributed by atoms with Crippen LogP contribution in [-0.2, 0) is 9.53 Å². The molecule has 1 aromatic carbocycles. The van der Waals surface area contributed by atoms with Gasteiger partial charge in [-0.1, -0.05) is 6.07 Å². The highest BCUT2D eigenvalue weighted by Crippen LogP contribution is 2.13. The highest BCUT2D eigenvalue weighted by atomic mass is 32.2. The second-order valence-corrected chi connectivity index (χ2v) is 4.50. The molecule has 0 saturated heterocycles. The summed E-state index contributed by atoms with van der Waals surface area (Å²) in [6.07, 6.45) is 2.61. The van der Waals surface area contributed by atoms with E-state index in [9.17, 15) is 9.18 Å². The van der Waals surface area contributed by atoms with Crippen LogP contribution in [0.2, 0.25) is 0 Å². The van der Waals surface area contributed by atoms with E-state index in [4.69, 9.17) is 4.74 Å². The molecular formula is C12H16FNO2S. The molecule has 0 saturated carbocycles. The fraction of sp³-hybridized carbons (Fsp3) is 0.417. The number of nitrogens with one attached hydrogen (secondary N) is 1. The molecule has 5 heteroatoms. The second-order valence-electron chi connectivity index (χ2n) is 3.51. The minimum absolute atomic E-state index is 0.330. The maximum atomic E-state index is 13.0. The van der Waals surface area contributed by atoms with Crippen LogP contribution in [0.25, 0.3) is 0 Å². The minimum Gasteiger partial charge on any atom is -0.467 e. The molecule has 0 radical (unpaired) electrons. The van der Waals surface area contributed by atoms with E-state index in [0.717, 1.165) is 5.75 Å². The molecule has 0 aliphatic carbocycles. The summed E-state index contributed by atoms with van der Waals surface area (Å²) in [5.74, 6) is 0.175. The predicted octanol–water partition coefficient (Wildman–Crippen LogP) is 2.53. The Labute approximate surface area is 105 Å². The van der Waals surface area contributed by atoms with Gasteiger partial charge in [-0.3, -0.25) is 0 Å². The van der Waals surface area contributed by atoms with Crippen molar-refractivity contribution in [3.8, 4) is 0 Å². The van der Waals surface area contributed by atoms with Crippen LogP contribution in [0, 0.1) is 5.82 Å². The SMILES string of the molecule is COC(=O)C(CCSC)Nc1cccc(F)c1. The molecule has 94 valence electrons. The Morgan fingerprint density at radius 2 is 2.35 bits per heavy atom. The lowest BCUT2D eigenvalue weighted by Gasteiger charge is -2.17. The van der Waals surface area contributed by atoms with E-state index < -0.39 is 6.04 Å². The number of thioether (sulfide) groups is 1. The summed E-state index contributed by atoms with van der Waals surface area (Å²) < 4.78 is 17.7. The maximum Gasteiger partial charge on any atom is 0.328 e. The number of rotatable bonds is 6. The number of carbonyl (C=O) groups is 1. The first kappa shape index (κ1) is 13.8. The fourth-order valence-corrected chi connectivity index (χ4v) is 1.88. The molecule has 1 aromatic rings. The number of halogens is 1. The number of hydrogen-bond acceptors (Lipinski definition) is 4. The molecule has 1 N–H and O–H groups in total. The van der Waals surface area contributed by atoms with Crippen molar-refractivity contribution in [2.75, 3.05) is 24.4 Å². The molecule has 1 atom stereocenters. The standard InChI is InChI=1S/C12H16FNO2S/c1-16-12(15)11(6-7-17-2)14-10-5-3-4-9(13)8-10/h3-5,8,11,14H,6-7H2,1-2H3. The molecule has 3 nitrogen and oxygen atoms in total. The first-order valence-electron chi connectivity index (χ1n) is 5.26. The Hall–Kier alpha value is -1.23. The number of methoxy groups -OCH3 is 1. The molecule has 0 fully saturated rings. The average molecular weight is 257 g/mol. The molecule has 0 aliphatic rings. The van der Waals surface area contributed by atoms with Crippen molar-refractivity contribution in [3.05, 3.63) is 30.1 Å². The summed E-state index contributed by atoms with van der Waals surface area (Å²) in [5, 5.41) is 2.98. The summed E-state index contributed by atoms with van der Waals surface area (Å²) >= 11 is 1.65. The van der Waals surface area contributed by atoms with E-state index >= 15 is 0 Å². The number of carbonyl (C=O) groups excluding carboxylic acids is 1. The number of esters is 1. The van der Waals surface area contributed by atoms with Gasteiger partial charge in [0.25, 0.3) is 0 Å². The van der Waals surface area contributed by atoms with Crippen molar-refractivity contribution >= 4 is 23.4 Å². The number of hydrogen-bond donors (Lipinski definition) is 1. The number of ether oxygens (including phenoxy) is 1. The lowest BCUT2D eigenvalue weighted by molar-refractivity contribution is -0.141. The van der Waals surface area contributed by atoms with Crippen molar-refractivity contribution in [3.63, 3.8) is 0 Å². The van der Waals surface area contributed by atoms with Gasteiger partial charge in [0.05, 0.1) is 7.11 Å². The summed E-state index contributed by atoms with van der Waals surface area (Å²) in [5.41, 5.74) is 0.585. The van der Waals surface area contributed by atoms with E-state index in [0.29, 0.717) is 12.1 Å². The molecule has 0 amide bonds. The first-order valence-corrected chi connectivity index (χ1v) is 6.65. The third-order valence-corrected chi connectivity index (χ3v) is 2.91. The van der Waals surface area contributed by atoms with Crippen molar-refractivity contribution < 1.29 is 13.9 Å². The maximum absolute atomic E-state index is 13.0. The van der Waals surface area contributed by atoms with Crippen molar-refractivity contribution in [2.45, 2.75) is 12.5 Å². The summed E-state index contributed by atoms with van der Waals surface area (Å²) in [4.78, 5) is 11.5. The molecule has 0 aromatic heterocycles. The van der Waals surface area contributed by atoms with Gasteiger partial charge in [0.1, 0.15) is 11.9 Å². The van der Waals surface area contributed by atoms with Crippen LogP contribution >= 0.6 is 11.8 Å². The lowest BCUT2D eigenvalue weighted by Crippen LogP contribution is -2.31. The second kappa shape index (κ2) is 7.17. The van der Waals surface area contributed by atoms with Crippen LogP contribution in [0.4, 0.5) is 10.1 Å². The molecular weight excluding hydrogens is 241 g/mol. The van der Waals surface area contributed by atoms with Gasteiger partial charge in [0.2, 0.25) is 0 Å². The van der Waals surface area contributed by atoms with Crippen LogP contribution < -0.4 is 5.32 Å². The van der Waals surface area contributed by atoms with Crippen molar-refractivity contribution in [1.82, 2.24) is 0 Å². The molecule has 0 heterocycles. The Bertz CT molecular complexity index is 373. The van der Waals surface area contributed by atoms with Gasteiger partial charge in [-0.05, 0) is 36.6 Å². The first-order chi connectivity index (χ1) is 8.17. The Balaban J connectivity index is 2.68.